The fourth-order valence-corrected chi connectivity index (χ4v) is 1.52. The molecule has 1 aromatic heterocycles. The van der Waals surface area contributed by atoms with E-state index in [0.29, 0.717) is 5.69 Å². The topological polar surface area (TPSA) is 56.7 Å². The quantitative estimate of drug-likeness (QED) is 0.906. The third kappa shape index (κ3) is 2.53. The van der Waals surface area contributed by atoms with E-state index in [0.717, 1.165) is 6.07 Å². The van der Waals surface area contributed by atoms with Crippen LogP contribution in [0.1, 0.15) is 25.1 Å². The number of hydrogen-bond donors (Lipinski definition) is 1. The summed E-state index contributed by atoms with van der Waals surface area (Å²) in [5, 5.41) is 7.75. The van der Waals surface area contributed by atoms with E-state index in [1.807, 2.05) is 0 Å². The van der Waals surface area contributed by atoms with E-state index in [2.05, 4.69) is 10.3 Å². The zero-order valence-electron chi connectivity index (χ0n) is 10.2. The molecule has 0 aliphatic rings. The van der Waals surface area contributed by atoms with Gasteiger partial charge in [-0.25, -0.2) is 13.5 Å². The summed E-state index contributed by atoms with van der Waals surface area (Å²) in [4.78, 5) is 0. The maximum absolute atomic E-state index is 13.5. The maximum Gasteiger partial charge on any atom is 0.163 e. The van der Waals surface area contributed by atoms with Crippen molar-refractivity contribution < 1.29 is 8.78 Å². The van der Waals surface area contributed by atoms with Gasteiger partial charge in [0.05, 0.1) is 18.3 Å². The van der Waals surface area contributed by atoms with E-state index >= 15 is 0 Å². The van der Waals surface area contributed by atoms with E-state index in [1.54, 1.807) is 20.0 Å². The SMILES string of the molecule is CC(C)(N)c1cn(Cc2cccc(F)c2F)nn1. The van der Waals surface area contributed by atoms with Crippen molar-refractivity contribution in [2.75, 3.05) is 0 Å². The van der Waals surface area contributed by atoms with Crippen molar-refractivity contribution in [3.8, 4) is 0 Å². The second-order valence-electron chi connectivity index (χ2n) is 4.74. The van der Waals surface area contributed by atoms with Gasteiger partial charge in [0.1, 0.15) is 5.69 Å². The minimum absolute atomic E-state index is 0.118. The molecular formula is C12H14F2N4. The molecule has 0 radical (unpaired) electrons. The van der Waals surface area contributed by atoms with Crippen LogP contribution in [-0.4, -0.2) is 15.0 Å². The lowest BCUT2D eigenvalue weighted by Gasteiger charge is -2.13. The number of halogens is 2. The van der Waals surface area contributed by atoms with Crippen molar-refractivity contribution in [2.45, 2.75) is 25.9 Å². The Balaban J connectivity index is 2.24. The number of nitrogens with zero attached hydrogens (tertiary/aromatic N) is 3. The molecule has 6 heteroatoms. The molecule has 0 amide bonds. The Bertz CT molecular complexity index is 557. The van der Waals surface area contributed by atoms with Crippen LogP contribution in [0.5, 0.6) is 0 Å². The summed E-state index contributed by atoms with van der Waals surface area (Å²) in [6.45, 7) is 3.71. The second kappa shape index (κ2) is 4.45. The van der Waals surface area contributed by atoms with E-state index < -0.39 is 17.2 Å². The molecule has 4 nitrogen and oxygen atoms in total. The molecule has 0 spiro atoms. The zero-order chi connectivity index (χ0) is 13.3. The molecule has 2 rings (SSSR count). The summed E-state index contributed by atoms with van der Waals surface area (Å²) >= 11 is 0. The van der Waals surface area contributed by atoms with Crippen LogP contribution in [-0.2, 0) is 12.1 Å². The van der Waals surface area contributed by atoms with Crippen LogP contribution in [0, 0.1) is 11.6 Å². The van der Waals surface area contributed by atoms with Crippen molar-refractivity contribution in [3.63, 3.8) is 0 Å². The lowest BCUT2D eigenvalue weighted by molar-refractivity contribution is 0.490. The molecule has 1 aromatic carbocycles. The molecule has 18 heavy (non-hydrogen) atoms. The Labute approximate surface area is 103 Å². The van der Waals surface area contributed by atoms with Gasteiger partial charge in [0.2, 0.25) is 0 Å². The molecule has 0 saturated carbocycles. The zero-order valence-corrected chi connectivity index (χ0v) is 10.2. The standard InChI is InChI=1S/C12H14F2N4/c1-12(2,15)10-7-18(17-16-10)6-8-4-3-5-9(13)11(8)14/h3-5,7H,6,15H2,1-2H3. The lowest BCUT2D eigenvalue weighted by atomic mass is 10.0. The number of aromatic nitrogens is 3. The van der Waals surface area contributed by atoms with Gasteiger partial charge in [-0.15, -0.1) is 5.10 Å². The first-order valence-electron chi connectivity index (χ1n) is 5.50. The summed E-state index contributed by atoms with van der Waals surface area (Å²) in [5.74, 6) is -1.73. The normalized spacial score (nSPS) is 11.8. The number of rotatable bonds is 3. The predicted octanol–water partition coefficient (Wildman–Crippen LogP) is 1.80. The Hall–Kier alpha value is -1.82. The molecule has 0 bridgehead atoms. The van der Waals surface area contributed by atoms with Crippen LogP contribution in [0.3, 0.4) is 0 Å². The Kier molecular flexibility index (Phi) is 3.13. The van der Waals surface area contributed by atoms with Crippen LogP contribution in [0.25, 0.3) is 0 Å². The average Bonchev–Trinajstić information content (AvgIpc) is 2.73. The average molecular weight is 252 g/mol. The molecule has 0 fully saturated rings. The first kappa shape index (κ1) is 12.6. The first-order chi connectivity index (χ1) is 8.38. The number of hydrogen-bond acceptors (Lipinski definition) is 3. The Morgan fingerprint density at radius 1 is 1.33 bits per heavy atom. The molecule has 0 unspecified atom stereocenters. The molecule has 0 aliphatic carbocycles. The fraction of sp³-hybridized carbons (Fsp3) is 0.333. The van der Waals surface area contributed by atoms with Gasteiger partial charge in [-0.2, -0.15) is 0 Å². The van der Waals surface area contributed by atoms with Gasteiger partial charge in [-0.1, -0.05) is 17.3 Å². The van der Waals surface area contributed by atoms with E-state index in [-0.39, 0.29) is 12.1 Å². The van der Waals surface area contributed by atoms with Gasteiger partial charge in [-0.3, -0.25) is 0 Å². The third-order valence-electron chi connectivity index (χ3n) is 2.56. The Morgan fingerprint density at radius 3 is 2.67 bits per heavy atom. The van der Waals surface area contributed by atoms with E-state index in [1.165, 1.54) is 16.8 Å². The summed E-state index contributed by atoms with van der Waals surface area (Å²) < 4.78 is 27.9. The minimum atomic E-state index is -0.869. The van der Waals surface area contributed by atoms with Gasteiger partial charge in [0, 0.05) is 5.56 Å². The molecular weight excluding hydrogens is 238 g/mol. The van der Waals surface area contributed by atoms with Gasteiger partial charge in [0.25, 0.3) is 0 Å². The van der Waals surface area contributed by atoms with Crippen LogP contribution in [0.2, 0.25) is 0 Å². The van der Waals surface area contributed by atoms with Crippen molar-refractivity contribution in [1.82, 2.24) is 15.0 Å². The van der Waals surface area contributed by atoms with Crippen molar-refractivity contribution >= 4 is 0 Å². The number of benzene rings is 1. The largest absolute Gasteiger partial charge is 0.320 e. The van der Waals surface area contributed by atoms with Crippen molar-refractivity contribution in [1.29, 1.82) is 0 Å². The van der Waals surface area contributed by atoms with Gasteiger partial charge >= 0.3 is 0 Å². The highest BCUT2D eigenvalue weighted by atomic mass is 19.2. The Morgan fingerprint density at radius 2 is 2.06 bits per heavy atom. The monoisotopic (exact) mass is 252 g/mol. The van der Waals surface area contributed by atoms with Crippen LogP contribution >= 0.6 is 0 Å². The summed E-state index contributed by atoms with van der Waals surface area (Å²) in [6, 6.07) is 4.04. The van der Waals surface area contributed by atoms with Crippen molar-refractivity contribution in [3.05, 3.63) is 47.3 Å². The summed E-state index contributed by atoms with van der Waals surface area (Å²) in [6.07, 6.45) is 1.63. The molecule has 2 aromatic rings. The van der Waals surface area contributed by atoms with Gasteiger partial charge in [-0.05, 0) is 19.9 Å². The van der Waals surface area contributed by atoms with Gasteiger partial charge < -0.3 is 5.73 Å². The highest BCUT2D eigenvalue weighted by molar-refractivity contribution is 5.19. The second-order valence-corrected chi connectivity index (χ2v) is 4.74. The fourth-order valence-electron chi connectivity index (χ4n) is 1.52. The summed E-state index contributed by atoms with van der Waals surface area (Å²) in [7, 11) is 0. The van der Waals surface area contributed by atoms with E-state index in [9.17, 15) is 8.78 Å². The smallest absolute Gasteiger partial charge is 0.163 e. The lowest BCUT2D eigenvalue weighted by Crippen LogP contribution is -2.29. The van der Waals surface area contributed by atoms with Crippen LogP contribution in [0.15, 0.2) is 24.4 Å². The highest BCUT2D eigenvalue weighted by Gasteiger charge is 2.18. The number of nitrogens with two attached hydrogens (primary N) is 1. The predicted molar refractivity (Wildman–Crippen MR) is 62.7 cm³/mol. The molecule has 0 aliphatic heterocycles. The molecule has 0 atom stereocenters. The summed E-state index contributed by atoms with van der Waals surface area (Å²) in [5.41, 5.74) is 6.08. The molecule has 2 N–H and O–H groups in total. The molecule has 96 valence electrons. The van der Waals surface area contributed by atoms with Gasteiger partial charge in [0.15, 0.2) is 11.6 Å². The first-order valence-corrected chi connectivity index (χ1v) is 5.50. The van der Waals surface area contributed by atoms with Crippen molar-refractivity contribution in [2.24, 2.45) is 5.73 Å². The maximum atomic E-state index is 13.5. The molecule has 0 saturated heterocycles. The van der Waals surface area contributed by atoms with Crippen LogP contribution in [0.4, 0.5) is 8.78 Å². The minimum Gasteiger partial charge on any atom is -0.320 e. The third-order valence-corrected chi connectivity index (χ3v) is 2.56. The highest BCUT2D eigenvalue weighted by Crippen LogP contribution is 2.15. The molecule has 1 heterocycles. The van der Waals surface area contributed by atoms with Crippen LogP contribution < -0.4 is 5.73 Å². The van der Waals surface area contributed by atoms with E-state index in [4.69, 9.17) is 5.73 Å².